The number of thioether (sulfide) groups is 1. The SMILES string of the molecule is O=C(CSc1n[nH]c(=O)[nH]c1=O)N/N=C/c1c[nH]c2ccccc12. The molecular formula is C14H12N6O3S. The van der Waals surface area contributed by atoms with E-state index in [-0.39, 0.29) is 10.8 Å². The smallest absolute Gasteiger partial charge is 0.342 e. The number of nitrogens with zero attached hydrogens (tertiary/aromatic N) is 2. The topological polar surface area (TPSA) is 136 Å². The Kier molecular flexibility index (Phi) is 4.57. The molecule has 10 heteroatoms. The van der Waals surface area contributed by atoms with Crippen molar-refractivity contribution in [3.8, 4) is 0 Å². The number of aromatic nitrogens is 4. The van der Waals surface area contributed by atoms with Crippen LogP contribution < -0.4 is 16.7 Å². The van der Waals surface area contributed by atoms with E-state index in [4.69, 9.17) is 0 Å². The van der Waals surface area contributed by atoms with E-state index in [0.29, 0.717) is 0 Å². The molecule has 0 fully saturated rings. The van der Waals surface area contributed by atoms with Gasteiger partial charge in [0, 0.05) is 22.7 Å². The second-order valence-electron chi connectivity index (χ2n) is 4.68. The number of nitrogens with one attached hydrogen (secondary N) is 4. The molecule has 9 nitrogen and oxygen atoms in total. The predicted octanol–water partition coefficient (Wildman–Crippen LogP) is 0.182. The molecule has 3 aromatic rings. The van der Waals surface area contributed by atoms with Gasteiger partial charge in [-0.2, -0.15) is 10.2 Å². The molecule has 0 aliphatic heterocycles. The Morgan fingerprint density at radius 2 is 2.17 bits per heavy atom. The van der Waals surface area contributed by atoms with Crippen molar-refractivity contribution in [3.05, 3.63) is 56.9 Å². The first-order valence-corrected chi connectivity index (χ1v) is 7.82. The standard InChI is InChI=1S/C14H12N6O3S/c21-11(7-24-13-12(22)17-14(23)20-19-13)18-16-6-8-5-15-10-4-2-1-3-9(8)10/h1-6,15H,7H2,(H,18,21)(H2,17,20,22,23)/b16-6+. The lowest BCUT2D eigenvalue weighted by Crippen LogP contribution is -2.26. The van der Waals surface area contributed by atoms with Gasteiger partial charge in [0.1, 0.15) is 0 Å². The van der Waals surface area contributed by atoms with Crippen LogP contribution in [0.2, 0.25) is 0 Å². The second kappa shape index (κ2) is 6.96. The van der Waals surface area contributed by atoms with Gasteiger partial charge >= 0.3 is 5.69 Å². The Hall–Kier alpha value is -3.14. The molecular weight excluding hydrogens is 332 g/mol. The highest BCUT2D eigenvalue weighted by Crippen LogP contribution is 2.15. The van der Waals surface area contributed by atoms with Gasteiger partial charge in [-0.15, -0.1) is 0 Å². The molecule has 0 bridgehead atoms. The molecule has 0 atom stereocenters. The van der Waals surface area contributed by atoms with Crippen LogP contribution in [-0.2, 0) is 4.79 Å². The number of hydrazone groups is 1. The molecule has 1 aromatic carbocycles. The number of hydrogen-bond acceptors (Lipinski definition) is 6. The first-order chi connectivity index (χ1) is 11.6. The zero-order chi connectivity index (χ0) is 16.9. The molecule has 0 saturated heterocycles. The van der Waals surface area contributed by atoms with Crippen LogP contribution in [0.25, 0.3) is 10.9 Å². The first kappa shape index (κ1) is 15.7. The maximum Gasteiger partial charge on any atom is 0.342 e. The molecule has 0 saturated carbocycles. The zero-order valence-corrected chi connectivity index (χ0v) is 13.0. The molecule has 1 amide bonds. The number of carbonyl (C=O) groups is 1. The number of fused-ring (bicyclic) bond motifs is 1. The van der Waals surface area contributed by atoms with Crippen LogP contribution in [0.5, 0.6) is 0 Å². The van der Waals surface area contributed by atoms with Crippen LogP contribution in [0, 0.1) is 0 Å². The number of benzene rings is 1. The fourth-order valence-corrected chi connectivity index (χ4v) is 2.60. The van der Waals surface area contributed by atoms with Crippen molar-refractivity contribution in [1.29, 1.82) is 0 Å². The van der Waals surface area contributed by atoms with Gasteiger partial charge in [-0.3, -0.25) is 14.6 Å². The van der Waals surface area contributed by atoms with E-state index in [9.17, 15) is 14.4 Å². The lowest BCUT2D eigenvalue weighted by molar-refractivity contribution is -0.118. The molecule has 0 unspecified atom stereocenters. The minimum absolute atomic E-state index is 0.00496. The molecule has 0 spiro atoms. The monoisotopic (exact) mass is 344 g/mol. The number of carbonyl (C=O) groups excluding carboxylic acids is 1. The van der Waals surface area contributed by atoms with Crippen LogP contribution in [0.15, 0.2) is 50.2 Å². The summed E-state index contributed by atoms with van der Waals surface area (Å²) in [6.07, 6.45) is 3.32. The summed E-state index contributed by atoms with van der Waals surface area (Å²) in [6.45, 7) is 0. The molecule has 2 heterocycles. The maximum absolute atomic E-state index is 11.7. The Morgan fingerprint density at radius 3 is 3.00 bits per heavy atom. The van der Waals surface area contributed by atoms with Gasteiger partial charge in [-0.05, 0) is 6.07 Å². The zero-order valence-electron chi connectivity index (χ0n) is 12.2. The Labute approximate surface area is 138 Å². The number of rotatable bonds is 5. The lowest BCUT2D eigenvalue weighted by Gasteiger charge is -1.98. The average Bonchev–Trinajstić information content (AvgIpc) is 2.97. The normalized spacial score (nSPS) is 11.2. The van der Waals surface area contributed by atoms with Crippen molar-refractivity contribution >= 4 is 34.8 Å². The van der Waals surface area contributed by atoms with E-state index in [1.54, 1.807) is 6.20 Å². The quantitative estimate of drug-likeness (QED) is 0.297. The molecule has 3 rings (SSSR count). The summed E-state index contributed by atoms with van der Waals surface area (Å²) >= 11 is 0.897. The Balaban J connectivity index is 1.57. The summed E-state index contributed by atoms with van der Waals surface area (Å²) in [5.41, 5.74) is 2.85. The van der Waals surface area contributed by atoms with Crippen molar-refractivity contribution in [2.24, 2.45) is 5.10 Å². The van der Waals surface area contributed by atoms with Crippen molar-refractivity contribution in [1.82, 2.24) is 25.6 Å². The van der Waals surface area contributed by atoms with Gasteiger partial charge in [0.2, 0.25) is 5.91 Å². The summed E-state index contributed by atoms with van der Waals surface area (Å²) in [5, 5.41) is 10.6. The highest BCUT2D eigenvalue weighted by molar-refractivity contribution is 7.99. The van der Waals surface area contributed by atoms with E-state index in [2.05, 4.69) is 25.7 Å². The molecule has 0 radical (unpaired) electrons. The minimum atomic E-state index is -0.697. The van der Waals surface area contributed by atoms with Gasteiger partial charge < -0.3 is 4.98 Å². The summed E-state index contributed by atoms with van der Waals surface area (Å²) in [7, 11) is 0. The summed E-state index contributed by atoms with van der Waals surface area (Å²) in [5.74, 6) is -0.462. The van der Waals surface area contributed by atoms with E-state index in [0.717, 1.165) is 28.2 Å². The van der Waals surface area contributed by atoms with Gasteiger partial charge in [-0.1, -0.05) is 30.0 Å². The molecule has 0 aliphatic rings. The Morgan fingerprint density at radius 1 is 1.33 bits per heavy atom. The van der Waals surface area contributed by atoms with Gasteiger partial charge in [0.15, 0.2) is 5.03 Å². The predicted molar refractivity (Wildman–Crippen MR) is 90.2 cm³/mol. The van der Waals surface area contributed by atoms with Crippen LogP contribution in [-0.4, -0.2) is 38.0 Å². The van der Waals surface area contributed by atoms with Crippen molar-refractivity contribution < 1.29 is 4.79 Å². The number of para-hydroxylation sites is 1. The van der Waals surface area contributed by atoms with Gasteiger partial charge in [-0.25, -0.2) is 15.3 Å². The third-order valence-corrected chi connectivity index (χ3v) is 3.99. The lowest BCUT2D eigenvalue weighted by atomic mass is 10.2. The van der Waals surface area contributed by atoms with Crippen molar-refractivity contribution in [3.63, 3.8) is 0 Å². The number of amides is 1. The van der Waals surface area contributed by atoms with Crippen molar-refractivity contribution in [2.75, 3.05) is 5.75 Å². The fourth-order valence-electron chi connectivity index (χ4n) is 1.98. The first-order valence-electron chi connectivity index (χ1n) is 6.83. The van der Waals surface area contributed by atoms with E-state index in [1.807, 2.05) is 29.2 Å². The highest BCUT2D eigenvalue weighted by Gasteiger charge is 2.07. The van der Waals surface area contributed by atoms with E-state index >= 15 is 0 Å². The summed E-state index contributed by atoms with van der Waals surface area (Å²) < 4.78 is 0. The number of H-pyrrole nitrogens is 3. The molecule has 4 N–H and O–H groups in total. The van der Waals surface area contributed by atoms with E-state index in [1.165, 1.54) is 6.21 Å². The van der Waals surface area contributed by atoms with Crippen LogP contribution >= 0.6 is 11.8 Å². The third kappa shape index (κ3) is 3.60. The second-order valence-corrected chi connectivity index (χ2v) is 5.65. The van der Waals surface area contributed by atoms with E-state index < -0.39 is 17.2 Å². The molecule has 24 heavy (non-hydrogen) atoms. The van der Waals surface area contributed by atoms with Crippen LogP contribution in [0.3, 0.4) is 0 Å². The third-order valence-electron chi connectivity index (χ3n) is 3.03. The van der Waals surface area contributed by atoms with Crippen LogP contribution in [0.1, 0.15) is 5.56 Å². The summed E-state index contributed by atoms with van der Waals surface area (Å²) in [6, 6.07) is 7.72. The minimum Gasteiger partial charge on any atom is -0.361 e. The number of aromatic amines is 3. The molecule has 122 valence electrons. The fraction of sp³-hybridized carbons (Fsp3) is 0.0714. The van der Waals surface area contributed by atoms with Gasteiger partial charge in [0.25, 0.3) is 5.56 Å². The van der Waals surface area contributed by atoms with Crippen LogP contribution in [0.4, 0.5) is 0 Å². The largest absolute Gasteiger partial charge is 0.361 e. The molecule has 0 aliphatic carbocycles. The maximum atomic E-state index is 11.7. The summed E-state index contributed by atoms with van der Waals surface area (Å²) in [4.78, 5) is 39.1. The number of hydrogen-bond donors (Lipinski definition) is 4. The average molecular weight is 344 g/mol. The molecule has 2 aromatic heterocycles. The van der Waals surface area contributed by atoms with Gasteiger partial charge in [0.05, 0.1) is 12.0 Å². The highest BCUT2D eigenvalue weighted by atomic mass is 32.2. The van der Waals surface area contributed by atoms with Crippen molar-refractivity contribution in [2.45, 2.75) is 5.03 Å². The Bertz CT molecular complexity index is 1020.